The molecule has 182 valence electrons. The van der Waals surface area contributed by atoms with E-state index < -0.39 is 21.7 Å². The van der Waals surface area contributed by atoms with Crippen LogP contribution in [-0.4, -0.2) is 43.6 Å². The smallest absolute Gasteiger partial charge is 0.284 e. The third-order valence-corrected chi connectivity index (χ3v) is 6.89. The van der Waals surface area contributed by atoms with Crippen molar-refractivity contribution in [3.63, 3.8) is 0 Å². The minimum absolute atomic E-state index is 0.00950. The molecule has 1 saturated heterocycles. The highest BCUT2D eigenvalue weighted by atomic mass is 32.2. The standard InChI is InChI=1S/C25H26FN5O3S/c1-31-15-4-2-3-13-23(31)30-35(33,34)21-11-6-10-20(17-21)29-25(32)22-12-7-14-27-24(22)28-19-9-5-8-18(26)16-19/h5-12,14,16-17H,2-4,13,15H2,1H3,(H,27,28)(H,29,32)/b30-23+. The Kier molecular flexibility index (Phi) is 7.40. The van der Waals surface area contributed by atoms with Gasteiger partial charge in [-0.15, -0.1) is 4.40 Å². The maximum absolute atomic E-state index is 13.5. The van der Waals surface area contributed by atoms with Crippen molar-refractivity contribution < 1.29 is 17.6 Å². The van der Waals surface area contributed by atoms with Gasteiger partial charge in [0, 0.05) is 37.6 Å². The lowest BCUT2D eigenvalue weighted by atomic mass is 10.2. The van der Waals surface area contributed by atoms with Crippen molar-refractivity contribution in [1.29, 1.82) is 0 Å². The summed E-state index contributed by atoms with van der Waals surface area (Å²) in [5, 5.41) is 5.65. The molecule has 0 spiro atoms. The monoisotopic (exact) mass is 495 g/mol. The molecule has 2 heterocycles. The van der Waals surface area contributed by atoms with Gasteiger partial charge in [-0.05, 0) is 61.4 Å². The zero-order valence-electron chi connectivity index (χ0n) is 19.2. The van der Waals surface area contributed by atoms with E-state index in [1.54, 1.807) is 36.4 Å². The molecule has 0 atom stereocenters. The fraction of sp³-hybridized carbons (Fsp3) is 0.240. The quantitative estimate of drug-likeness (QED) is 0.509. The Morgan fingerprint density at radius 1 is 1.03 bits per heavy atom. The van der Waals surface area contributed by atoms with Crippen LogP contribution in [-0.2, 0) is 10.0 Å². The van der Waals surface area contributed by atoms with Gasteiger partial charge in [0.2, 0.25) is 0 Å². The molecule has 1 fully saturated rings. The van der Waals surface area contributed by atoms with Crippen LogP contribution in [0.3, 0.4) is 0 Å². The number of amidine groups is 1. The van der Waals surface area contributed by atoms with Crippen LogP contribution in [0.25, 0.3) is 0 Å². The Balaban J connectivity index is 1.55. The number of carbonyl (C=O) groups is 1. The van der Waals surface area contributed by atoms with Crippen LogP contribution in [0.1, 0.15) is 36.0 Å². The summed E-state index contributed by atoms with van der Waals surface area (Å²) < 4.78 is 43.6. The van der Waals surface area contributed by atoms with E-state index >= 15 is 0 Å². The van der Waals surface area contributed by atoms with Gasteiger partial charge in [-0.2, -0.15) is 8.42 Å². The molecule has 8 nitrogen and oxygen atoms in total. The second-order valence-electron chi connectivity index (χ2n) is 8.23. The molecule has 1 aromatic heterocycles. The highest BCUT2D eigenvalue weighted by Gasteiger charge is 2.20. The zero-order valence-corrected chi connectivity index (χ0v) is 20.1. The van der Waals surface area contributed by atoms with Gasteiger partial charge in [-0.1, -0.05) is 18.6 Å². The first-order valence-corrected chi connectivity index (χ1v) is 12.7. The average Bonchev–Trinajstić information content (AvgIpc) is 3.03. The number of pyridine rings is 1. The summed E-state index contributed by atoms with van der Waals surface area (Å²) in [6.07, 6.45) is 5.05. The van der Waals surface area contributed by atoms with Crippen molar-refractivity contribution in [2.45, 2.75) is 30.6 Å². The van der Waals surface area contributed by atoms with E-state index in [0.29, 0.717) is 23.6 Å². The molecule has 1 aliphatic heterocycles. The minimum atomic E-state index is -3.95. The summed E-state index contributed by atoms with van der Waals surface area (Å²) >= 11 is 0. The number of hydrogen-bond acceptors (Lipinski definition) is 5. The molecule has 4 rings (SSSR count). The number of anilines is 3. The molecule has 3 aromatic rings. The van der Waals surface area contributed by atoms with Crippen LogP contribution in [0.4, 0.5) is 21.6 Å². The molecule has 0 aliphatic carbocycles. The lowest BCUT2D eigenvalue weighted by Crippen LogP contribution is -2.26. The van der Waals surface area contributed by atoms with E-state index in [0.717, 1.165) is 25.8 Å². The van der Waals surface area contributed by atoms with Gasteiger partial charge in [0.05, 0.1) is 10.5 Å². The highest BCUT2D eigenvalue weighted by molar-refractivity contribution is 7.90. The largest absolute Gasteiger partial charge is 0.362 e. The normalized spacial score (nSPS) is 15.5. The number of nitrogens with zero attached hydrogens (tertiary/aromatic N) is 3. The fourth-order valence-electron chi connectivity index (χ4n) is 3.76. The lowest BCUT2D eigenvalue weighted by molar-refractivity contribution is 0.102. The summed E-state index contributed by atoms with van der Waals surface area (Å²) in [6, 6.07) is 15.0. The molecule has 1 aliphatic rings. The topological polar surface area (TPSA) is 104 Å². The van der Waals surface area contributed by atoms with Gasteiger partial charge in [0.1, 0.15) is 17.5 Å². The molecule has 2 aromatic carbocycles. The summed E-state index contributed by atoms with van der Waals surface area (Å²) in [5.74, 6) is -0.141. The molecule has 1 amide bonds. The summed E-state index contributed by atoms with van der Waals surface area (Å²) in [7, 11) is -2.10. The average molecular weight is 496 g/mol. The number of halogens is 1. The van der Waals surface area contributed by atoms with E-state index in [1.165, 1.54) is 30.5 Å². The van der Waals surface area contributed by atoms with E-state index in [4.69, 9.17) is 0 Å². The first-order valence-electron chi connectivity index (χ1n) is 11.3. The number of nitrogens with one attached hydrogen (secondary N) is 2. The molecule has 0 unspecified atom stereocenters. The number of sulfonamides is 1. The van der Waals surface area contributed by atoms with Gasteiger partial charge < -0.3 is 15.5 Å². The summed E-state index contributed by atoms with van der Waals surface area (Å²) in [5.41, 5.74) is 0.949. The van der Waals surface area contributed by atoms with E-state index in [1.807, 2.05) is 11.9 Å². The van der Waals surface area contributed by atoms with Gasteiger partial charge in [-0.3, -0.25) is 4.79 Å². The van der Waals surface area contributed by atoms with Gasteiger partial charge in [0.25, 0.3) is 15.9 Å². The van der Waals surface area contributed by atoms with Crippen LogP contribution in [0, 0.1) is 5.82 Å². The first kappa shape index (κ1) is 24.3. The summed E-state index contributed by atoms with van der Waals surface area (Å²) in [4.78, 5) is 19.1. The fourth-order valence-corrected chi connectivity index (χ4v) is 4.90. The van der Waals surface area contributed by atoms with Crippen LogP contribution in [0.5, 0.6) is 0 Å². The predicted octanol–water partition coefficient (Wildman–Crippen LogP) is 4.81. The zero-order chi connectivity index (χ0) is 24.8. The molecule has 35 heavy (non-hydrogen) atoms. The van der Waals surface area contributed by atoms with Gasteiger partial charge in [-0.25, -0.2) is 9.37 Å². The molecule has 0 radical (unpaired) electrons. The number of hydrogen-bond donors (Lipinski definition) is 2. The van der Waals surface area contributed by atoms with Crippen LogP contribution in [0.2, 0.25) is 0 Å². The SMILES string of the molecule is CN1CCCCC/C1=N\S(=O)(=O)c1cccc(NC(=O)c2cccnc2Nc2cccc(F)c2)c1. The third kappa shape index (κ3) is 6.21. The molecular weight excluding hydrogens is 469 g/mol. The minimum Gasteiger partial charge on any atom is -0.362 e. The molecule has 0 bridgehead atoms. The highest BCUT2D eigenvalue weighted by Crippen LogP contribution is 2.23. The van der Waals surface area contributed by atoms with Crippen LogP contribution < -0.4 is 10.6 Å². The maximum Gasteiger partial charge on any atom is 0.284 e. The Bertz CT molecular complexity index is 1360. The van der Waals surface area contributed by atoms with E-state index in [2.05, 4.69) is 20.0 Å². The second-order valence-corrected chi connectivity index (χ2v) is 9.84. The third-order valence-electron chi connectivity index (χ3n) is 5.59. The number of aromatic nitrogens is 1. The number of likely N-dealkylation sites (tertiary alicyclic amines) is 1. The predicted molar refractivity (Wildman–Crippen MR) is 134 cm³/mol. The number of carbonyl (C=O) groups excluding carboxylic acids is 1. The van der Waals surface area contributed by atoms with Crippen molar-refractivity contribution >= 4 is 39.0 Å². The van der Waals surface area contributed by atoms with Crippen molar-refractivity contribution in [3.05, 3.63) is 78.2 Å². The Morgan fingerprint density at radius 2 is 1.83 bits per heavy atom. The van der Waals surface area contributed by atoms with Gasteiger partial charge >= 0.3 is 0 Å². The first-order chi connectivity index (χ1) is 16.8. The van der Waals surface area contributed by atoms with Crippen LogP contribution >= 0.6 is 0 Å². The number of rotatable bonds is 6. The lowest BCUT2D eigenvalue weighted by Gasteiger charge is -2.17. The Hall–Kier alpha value is -3.79. The van der Waals surface area contributed by atoms with E-state index in [9.17, 15) is 17.6 Å². The number of amides is 1. The molecule has 0 saturated carbocycles. The number of benzene rings is 2. The van der Waals surface area contributed by atoms with Crippen molar-refractivity contribution in [2.24, 2.45) is 4.40 Å². The summed E-state index contributed by atoms with van der Waals surface area (Å²) in [6.45, 7) is 0.765. The van der Waals surface area contributed by atoms with Crippen LogP contribution in [0.15, 0.2) is 76.2 Å². The van der Waals surface area contributed by atoms with E-state index in [-0.39, 0.29) is 16.3 Å². The van der Waals surface area contributed by atoms with Gasteiger partial charge in [0.15, 0.2) is 0 Å². The maximum atomic E-state index is 13.5. The molecule has 2 N–H and O–H groups in total. The second kappa shape index (κ2) is 10.6. The van der Waals surface area contributed by atoms with Crippen molar-refractivity contribution in [2.75, 3.05) is 24.2 Å². The van der Waals surface area contributed by atoms with Crippen molar-refractivity contribution in [1.82, 2.24) is 9.88 Å². The molecule has 10 heteroatoms. The van der Waals surface area contributed by atoms with Crippen molar-refractivity contribution in [3.8, 4) is 0 Å². The molecular formula is C25H26FN5O3S. The Morgan fingerprint density at radius 3 is 2.66 bits per heavy atom. The Labute approximate surface area is 204 Å².